The number of hydrogen-bond acceptors (Lipinski definition) is 8. The maximum Gasteiger partial charge on any atom is 0.306 e. The van der Waals surface area contributed by atoms with Crippen LogP contribution in [0.3, 0.4) is 0 Å². The minimum absolute atomic E-state index is 0.0356. The topological polar surface area (TPSA) is 111 Å². The highest BCUT2D eigenvalue weighted by atomic mass is 31.2. The molecule has 0 spiro atoms. The molecule has 0 N–H and O–H groups in total. The second-order valence-electron chi connectivity index (χ2n) is 22.0. The van der Waals surface area contributed by atoms with Crippen molar-refractivity contribution in [3.8, 4) is 0 Å². The summed E-state index contributed by atoms with van der Waals surface area (Å²) < 4.78 is 34.2. The molecule has 0 heterocycles. The molecule has 0 aliphatic carbocycles. The van der Waals surface area contributed by atoms with Gasteiger partial charge in [0.1, 0.15) is 19.8 Å². The predicted octanol–water partition coefficient (Wildman–Crippen LogP) is 19.5. The number of hydrogen-bond donors (Lipinski definition) is 0. The van der Waals surface area contributed by atoms with Gasteiger partial charge in [0.25, 0.3) is 7.82 Å². The molecule has 2 unspecified atom stereocenters. The van der Waals surface area contributed by atoms with Crippen molar-refractivity contribution in [1.29, 1.82) is 0 Å². The molecule has 0 amide bonds. The standard InChI is InChI=1S/C68H118NO8P/c1-6-8-10-12-14-16-18-20-22-24-26-27-28-29-30-31-32-33-34-35-36-37-38-39-40-41-43-45-47-49-51-53-55-57-59-61-68(71)77-66(65-76-78(72,73)75-63-62-69(3,4)5)64-74-67(70)60-58-56-54-52-50-48-46-44-42-25-23-21-19-17-15-13-11-9-7-2/h8,10,14-17,20-23,26-27,29-30,32-33,35-36,66H,6-7,9,11-13,18-19,24-25,28,31,34,37-65H2,1-5H3/b10-8-,16-14-,17-15-,22-20-,23-21-,27-26-,30-29-,33-32-,36-35-. The Morgan fingerprint density at radius 3 is 1.09 bits per heavy atom. The number of unbranched alkanes of at least 4 members (excludes halogenated alkanes) is 25. The minimum atomic E-state index is -4.64. The van der Waals surface area contributed by atoms with Gasteiger partial charge in [-0.3, -0.25) is 14.2 Å². The van der Waals surface area contributed by atoms with E-state index in [1.807, 2.05) is 21.1 Å². The highest BCUT2D eigenvalue weighted by Crippen LogP contribution is 2.38. The summed E-state index contributed by atoms with van der Waals surface area (Å²) in [5.41, 5.74) is 0. The molecule has 0 fully saturated rings. The van der Waals surface area contributed by atoms with Gasteiger partial charge in [-0.05, 0) is 103 Å². The summed E-state index contributed by atoms with van der Waals surface area (Å²) >= 11 is 0. The first-order valence-corrected chi connectivity index (χ1v) is 33.1. The first-order valence-electron chi connectivity index (χ1n) is 31.6. The van der Waals surface area contributed by atoms with E-state index in [1.54, 1.807) is 0 Å². The molecule has 0 aliphatic heterocycles. The molecule has 0 saturated heterocycles. The fourth-order valence-corrected chi connectivity index (χ4v) is 9.16. The normalized spacial score (nSPS) is 14.0. The molecule has 0 bridgehead atoms. The van der Waals surface area contributed by atoms with Gasteiger partial charge < -0.3 is 27.9 Å². The van der Waals surface area contributed by atoms with Gasteiger partial charge in [0.15, 0.2) is 6.10 Å². The zero-order valence-electron chi connectivity index (χ0n) is 50.8. The fraction of sp³-hybridized carbons (Fsp3) is 0.706. The number of phosphoric acid groups is 1. The van der Waals surface area contributed by atoms with Crippen LogP contribution in [0.4, 0.5) is 0 Å². The van der Waals surface area contributed by atoms with Gasteiger partial charge in [-0.25, -0.2) is 0 Å². The van der Waals surface area contributed by atoms with Gasteiger partial charge in [0.05, 0.1) is 27.7 Å². The first-order chi connectivity index (χ1) is 38.0. The Balaban J connectivity index is 4.10. The van der Waals surface area contributed by atoms with Gasteiger partial charge in [0, 0.05) is 12.8 Å². The second-order valence-corrected chi connectivity index (χ2v) is 23.4. The number of allylic oxidation sites excluding steroid dienone is 18. The largest absolute Gasteiger partial charge is 0.756 e. The molecule has 0 aromatic rings. The van der Waals surface area contributed by atoms with Crippen LogP contribution in [0.5, 0.6) is 0 Å². The number of nitrogens with zero attached hydrogens (tertiary/aromatic N) is 1. The summed E-state index contributed by atoms with van der Waals surface area (Å²) in [6, 6.07) is 0. The van der Waals surface area contributed by atoms with E-state index >= 15 is 0 Å². The number of ether oxygens (including phenoxy) is 2. The lowest BCUT2D eigenvalue weighted by atomic mass is 10.0. The van der Waals surface area contributed by atoms with E-state index in [4.69, 9.17) is 18.5 Å². The van der Waals surface area contributed by atoms with E-state index in [1.165, 1.54) is 122 Å². The monoisotopic (exact) mass is 1110 g/mol. The molecule has 0 aromatic carbocycles. The van der Waals surface area contributed by atoms with Crippen LogP contribution in [-0.2, 0) is 32.7 Å². The molecule has 0 rings (SSSR count). The van der Waals surface area contributed by atoms with Crippen molar-refractivity contribution in [1.82, 2.24) is 0 Å². The SMILES string of the molecule is CC/C=C\C/C=C\C/C=C\C/C=C\C/C=C\C/C=C\C/C=C\CCCCCCCCCCCCCCCC(=O)OC(COC(=O)CCCCCCCCCCC/C=C\C/C=C\CCCCC)COP(=O)([O-])OCC[N+](C)(C)C. The van der Waals surface area contributed by atoms with Crippen LogP contribution in [0.15, 0.2) is 109 Å². The van der Waals surface area contributed by atoms with Crippen LogP contribution in [0.2, 0.25) is 0 Å². The number of carbonyl (C=O) groups excluding carboxylic acids is 2. The average molecular weight is 1110 g/mol. The van der Waals surface area contributed by atoms with Gasteiger partial charge in [-0.2, -0.15) is 0 Å². The summed E-state index contributed by atoms with van der Waals surface area (Å²) in [6.45, 7) is 4.10. The van der Waals surface area contributed by atoms with Crippen molar-refractivity contribution in [2.24, 2.45) is 0 Å². The predicted molar refractivity (Wildman–Crippen MR) is 332 cm³/mol. The molecule has 78 heavy (non-hydrogen) atoms. The molecular formula is C68H118NO8P. The lowest BCUT2D eigenvalue weighted by Gasteiger charge is -2.28. The van der Waals surface area contributed by atoms with Crippen molar-refractivity contribution >= 4 is 19.8 Å². The Kier molecular flexibility index (Phi) is 55.8. The number of esters is 2. The van der Waals surface area contributed by atoms with Crippen molar-refractivity contribution in [2.75, 3.05) is 47.5 Å². The van der Waals surface area contributed by atoms with Gasteiger partial charge >= 0.3 is 11.9 Å². The van der Waals surface area contributed by atoms with Crippen LogP contribution < -0.4 is 4.89 Å². The summed E-state index contributed by atoms with van der Waals surface area (Å²) in [5.74, 6) is -0.839. The van der Waals surface area contributed by atoms with Gasteiger partial charge in [-0.15, -0.1) is 0 Å². The Labute approximate surface area is 480 Å². The smallest absolute Gasteiger partial charge is 0.306 e. The van der Waals surface area contributed by atoms with Crippen molar-refractivity contribution in [2.45, 2.75) is 264 Å². The van der Waals surface area contributed by atoms with Crippen molar-refractivity contribution in [3.63, 3.8) is 0 Å². The molecule has 9 nitrogen and oxygen atoms in total. The van der Waals surface area contributed by atoms with E-state index < -0.39 is 26.5 Å². The Bertz CT molecular complexity index is 1680. The fourth-order valence-electron chi connectivity index (χ4n) is 8.43. The van der Waals surface area contributed by atoms with Crippen LogP contribution in [0.25, 0.3) is 0 Å². The van der Waals surface area contributed by atoms with Crippen LogP contribution in [-0.4, -0.2) is 70.0 Å². The molecule has 0 saturated carbocycles. The number of phosphoric ester groups is 1. The number of rotatable bonds is 57. The summed E-state index contributed by atoms with van der Waals surface area (Å²) in [4.78, 5) is 37.9. The third-order valence-corrected chi connectivity index (χ3v) is 14.2. The average Bonchev–Trinajstić information content (AvgIpc) is 3.41. The quantitative estimate of drug-likeness (QED) is 0.0195. The van der Waals surface area contributed by atoms with E-state index in [0.717, 1.165) is 103 Å². The molecule has 0 aliphatic rings. The van der Waals surface area contributed by atoms with Crippen molar-refractivity contribution in [3.05, 3.63) is 109 Å². The summed E-state index contributed by atoms with van der Waals surface area (Å²) in [5, 5.41) is 0. The zero-order chi connectivity index (χ0) is 57.0. The maximum absolute atomic E-state index is 12.8. The molecule has 448 valence electrons. The highest BCUT2D eigenvalue weighted by Gasteiger charge is 2.22. The van der Waals surface area contributed by atoms with Crippen molar-refractivity contribution < 1.29 is 42.1 Å². The Morgan fingerprint density at radius 2 is 0.731 bits per heavy atom. The zero-order valence-corrected chi connectivity index (χ0v) is 51.7. The summed E-state index contributed by atoms with van der Waals surface area (Å²) in [6.07, 6.45) is 81.4. The van der Waals surface area contributed by atoms with Crippen LogP contribution >= 0.6 is 7.82 Å². The molecule has 2 atom stereocenters. The van der Waals surface area contributed by atoms with Gasteiger partial charge in [0.2, 0.25) is 0 Å². The van der Waals surface area contributed by atoms with E-state index in [2.05, 4.69) is 123 Å². The number of likely N-dealkylation sites (N-methyl/N-ethyl adjacent to an activating group) is 1. The molecular weight excluding hydrogens is 990 g/mol. The van der Waals surface area contributed by atoms with Crippen LogP contribution in [0, 0.1) is 0 Å². The second kappa shape index (κ2) is 58.3. The third-order valence-electron chi connectivity index (χ3n) is 13.3. The van der Waals surface area contributed by atoms with E-state index in [-0.39, 0.29) is 32.0 Å². The first kappa shape index (κ1) is 74.7. The minimum Gasteiger partial charge on any atom is -0.756 e. The Morgan fingerprint density at radius 1 is 0.410 bits per heavy atom. The third kappa shape index (κ3) is 61.9. The maximum atomic E-state index is 12.8. The molecule has 0 radical (unpaired) electrons. The molecule has 10 heteroatoms. The lowest BCUT2D eigenvalue weighted by Crippen LogP contribution is -2.37. The van der Waals surface area contributed by atoms with E-state index in [9.17, 15) is 19.0 Å². The van der Waals surface area contributed by atoms with Crippen LogP contribution in [0.1, 0.15) is 258 Å². The summed E-state index contributed by atoms with van der Waals surface area (Å²) in [7, 11) is 1.16. The number of quaternary nitrogens is 1. The van der Waals surface area contributed by atoms with E-state index in [0.29, 0.717) is 17.4 Å². The number of carbonyl (C=O) groups is 2. The van der Waals surface area contributed by atoms with Gasteiger partial charge in [-0.1, -0.05) is 252 Å². The molecule has 0 aromatic heterocycles. The highest BCUT2D eigenvalue weighted by molar-refractivity contribution is 7.45. The lowest BCUT2D eigenvalue weighted by molar-refractivity contribution is -0.870. The Hall–Kier alpha value is -3.33.